The van der Waals surface area contributed by atoms with E-state index in [1.54, 1.807) is 0 Å². The standard InChI is InChI=1S/C21H17NO/c1-2-14-7-9-16(10-8-14)20-19(13-23)18-12-11-15-5-3-4-6-17(15)21(18)22-20/h3-13,22H,2H2,1H3. The largest absolute Gasteiger partial charge is 0.353 e. The van der Waals surface area contributed by atoms with Crippen LogP contribution in [-0.4, -0.2) is 11.3 Å². The summed E-state index contributed by atoms with van der Waals surface area (Å²) < 4.78 is 0. The summed E-state index contributed by atoms with van der Waals surface area (Å²) in [6.07, 6.45) is 1.97. The zero-order valence-electron chi connectivity index (χ0n) is 13.0. The molecule has 3 aromatic carbocycles. The van der Waals surface area contributed by atoms with Crippen molar-refractivity contribution in [2.24, 2.45) is 0 Å². The number of benzene rings is 3. The topological polar surface area (TPSA) is 32.9 Å². The fourth-order valence-electron chi connectivity index (χ4n) is 3.21. The van der Waals surface area contributed by atoms with Crippen LogP contribution in [0.3, 0.4) is 0 Å². The van der Waals surface area contributed by atoms with Crippen molar-refractivity contribution in [2.75, 3.05) is 0 Å². The molecule has 1 heterocycles. The van der Waals surface area contributed by atoms with Crippen molar-refractivity contribution in [3.8, 4) is 11.3 Å². The molecule has 0 unspecified atom stereocenters. The van der Waals surface area contributed by atoms with Crippen molar-refractivity contribution in [1.82, 2.24) is 4.98 Å². The van der Waals surface area contributed by atoms with Crippen LogP contribution in [0.15, 0.2) is 60.7 Å². The minimum atomic E-state index is 0.731. The Balaban J connectivity index is 2.02. The van der Waals surface area contributed by atoms with Gasteiger partial charge in [0, 0.05) is 16.3 Å². The molecule has 0 radical (unpaired) electrons. The molecule has 0 aliphatic carbocycles. The number of carbonyl (C=O) groups is 1. The van der Waals surface area contributed by atoms with Gasteiger partial charge in [0.1, 0.15) is 0 Å². The van der Waals surface area contributed by atoms with E-state index in [0.29, 0.717) is 0 Å². The predicted octanol–water partition coefficient (Wildman–Crippen LogP) is 5.36. The second-order valence-electron chi connectivity index (χ2n) is 5.79. The van der Waals surface area contributed by atoms with Crippen LogP contribution >= 0.6 is 0 Å². The number of aromatic nitrogens is 1. The maximum Gasteiger partial charge on any atom is 0.152 e. The average molecular weight is 299 g/mol. The monoisotopic (exact) mass is 299 g/mol. The number of hydrogen-bond acceptors (Lipinski definition) is 1. The Morgan fingerprint density at radius 1 is 0.913 bits per heavy atom. The Hall–Kier alpha value is -2.87. The molecule has 0 bridgehead atoms. The van der Waals surface area contributed by atoms with Crippen LogP contribution in [0.5, 0.6) is 0 Å². The molecule has 0 aliphatic rings. The van der Waals surface area contributed by atoms with E-state index < -0.39 is 0 Å². The van der Waals surface area contributed by atoms with E-state index in [4.69, 9.17) is 0 Å². The van der Waals surface area contributed by atoms with Crippen LogP contribution in [0.1, 0.15) is 22.8 Å². The highest BCUT2D eigenvalue weighted by molar-refractivity contribution is 6.14. The normalized spacial score (nSPS) is 11.2. The number of carbonyl (C=O) groups excluding carboxylic acids is 1. The first-order valence-corrected chi connectivity index (χ1v) is 7.89. The fourth-order valence-corrected chi connectivity index (χ4v) is 3.21. The first-order valence-electron chi connectivity index (χ1n) is 7.89. The summed E-state index contributed by atoms with van der Waals surface area (Å²) in [5.74, 6) is 0. The number of rotatable bonds is 3. The highest BCUT2D eigenvalue weighted by atomic mass is 16.1. The maximum atomic E-state index is 11.7. The Morgan fingerprint density at radius 3 is 2.43 bits per heavy atom. The molecular weight excluding hydrogens is 282 g/mol. The van der Waals surface area contributed by atoms with Gasteiger partial charge in [-0.15, -0.1) is 0 Å². The van der Waals surface area contributed by atoms with E-state index in [1.807, 2.05) is 18.2 Å². The zero-order chi connectivity index (χ0) is 15.8. The Labute approximate surface area is 134 Å². The van der Waals surface area contributed by atoms with Crippen LogP contribution < -0.4 is 0 Å². The molecule has 0 aliphatic heterocycles. The Bertz CT molecular complexity index is 1010. The van der Waals surface area contributed by atoms with Crippen molar-refractivity contribution < 1.29 is 4.79 Å². The molecule has 0 amide bonds. The first kappa shape index (κ1) is 13.8. The number of aldehydes is 1. The summed E-state index contributed by atoms with van der Waals surface area (Å²) in [7, 11) is 0. The fraction of sp³-hybridized carbons (Fsp3) is 0.0952. The first-order chi connectivity index (χ1) is 11.3. The van der Waals surface area contributed by atoms with Crippen molar-refractivity contribution in [2.45, 2.75) is 13.3 Å². The van der Waals surface area contributed by atoms with Crippen LogP contribution in [0.4, 0.5) is 0 Å². The number of hydrogen-bond donors (Lipinski definition) is 1. The van der Waals surface area contributed by atoms with Crippen molar-refractivity contribution in [3.05, 3.63) is 71.8 Å². The predicted molar refractivity (Wildman–Crippen MR) is 96.0 cm³/mol. The van der Waals surface area contributed by atoms with Gasteiger partial charge in [-0.05, 0) is 22.9 Å². The molecular formula is C21H17NO. The Kier molecular flexibility index (Phi) is 3.23. The third-order valence-electron chi connectivity index (χ3n) is 4.51. The molecule has 4 rings (SSSR count). The summed E-state index contributed by atoms with van der Waals surface area (Å²) in [6, 6.07) is 20.7. The van der Waals surface area contributed by atoms with Gasteiger partial charge in [0.25, 0.3) is 0 Å². The summed E-state index contributed by atoms with van der Waals surface area (Å²) in [6.45, 7) is 2.14. The summed E-state index contributed by atoms with van der Waals surface area (Å²) in [5, 5.41) is 3.30. The van der Waals surface area contributed by atoms with E-state index in [-0.39, 0.29) is 0 Å². The molecule has 0 saturated carbocycles. The van der Waals surface area contributed by atoms with Crippen LogP contribution in [0.25, 0.3) is 32.9 Å². The van der Waals surface area contributed by atoms with Crippen LogP contribution in [0.2, 0.25) is 0 Å². The molecule has 1 aromatic heterocycles. The lowest BCUT2D eigenvalue weighted by molar-refractivity contribution is 0.112. The van der Waals surface area contributed by atoms with Crippen molar-refractivity contribution >= 4 is 28.0 Å². The minimum absolute atomic E-state index is 0.731. The van der Waals surface area contributed by atoms with Gasteiger partial charge in [-0.2, -0.15) is 0 Å². The van der Waals surface area contributed by atoms with Crippen LogP contribution in [0, 0.1) is 0 Å². The number of aromatic amines is 1. The second-order valence-corrected chi connectivity index (χ2v) is 5.79. The van der Waals surface area contributed by atoms with Gasteiger partial charge in [0.15, 0.2) is 6.29 Å². The second kappa shape index (κ2) is 5.40. The Morgan fingerprint density at radius 2 is 1.70 bits per heavy atom. The number of H-pyrrole nitrogens is 1. The van der Waals surface area contributed by atoms with E-state index in [2.05, 4.69) is 54.4 Å². The SMILES string of the molecule is CCc1ccc(-c2[nH]c3c(ccc4ccccc43)c2C=O)cc1. The maximum absolute atomic E-state index is 11.7. The van der Waals surface area contributed by atoms with E-state index in [1.165, 1.54) is 10.9 Å². The van der Waals surface area contributed by atoms with E-state index in [0.717, 1.165) is 45.8 Å². The summed E-state index contributed by atoms with van der Waals surface area (Å²) >= 11 is 0. The molecule has 23 heavy (non-hydrogen) atoms. The lowest BCUT2D eigenvalue weighted by Crippen LogP contribution is -1.86. The molecule has 2 heteroatoms. The molecule has 0 spiro atoms. The van der Waals surface area contributed by atoms with Crippen molar-refractivity contribution in [3.63, 3.8) is 0 Å². The van der Waals surface area contributed by atoms with Gasteiger partial charge in [-0.25, -0.2) is 0 Å². The van der Waals surface area contributed by atoms with Gasteiger partial charge >= 0.3 is 0 Å². The summed E-state index contributed by atoms with van der Waals surface area (Å²) in [4.78, 5) is 15.2. The molecule has 0 atom stereocenters. The smallest absolute Gasteiger partial charge is 0.152 e. The van der Waals surface area contributed by atoms with Gasteiger partial charge in [-0.1, -0.05) is 67.6 Å². The van der Waals surface area contributed by atoms with E-state index in [9.17, 15) is 4.79 Å². The molecule has 0 fully saturated rings. The van der Waals surface area contributed by atoms with Crippen LogP contribution in [-0.2, 0) is 6.42 Å². The zero-order valence-corrected chi connectivity index (χ0v) is 13.0. The van der Waals surface area contributed by atoms with Crippen molar-refractivity contribution in [1.29, 1.82) is 0 Å². The average Bonchev–Trinajstić information content (AvgIpc) is 3.00. The quantitative estimate of drug-likeness (QED) is 0.507. The third kappa shape index (κ3) is 2.15. The lowest BCUT2D eigenvalue weighted by Gasteiger charge is -2.02. The molecule has 2 nitrogen and oxygen atoms in total. The van der Waals surface area contributed by atoms with Gasteiger partial charge in [0.05, 0.1) is 11.2 Å². The molecule has 1 N–H and O–H groups in total. The van der Waals surface area contributed by atoms with Gasteiger partial charge < -0.3 is 4.98 Å². The summed E-state index contributed by atoms with van der Waals surface area (Å²) in [5.41, 5.74) is 5.00. The van der Waals surface area contributed by atoms with E-state index >= 15 is 0 Å². The molecule has 112 valence electrons. The third-order valence-corrected chi connectivity index (χ3v) is 4.51. The minimum Gasteiger partial charge on any atom is -0.353 e. The number of fused-ring (bicyclic) bond motifs is 3. The molecule has 0 saturated heterocycles. The van der Waals surface area contributed by atoms with Gasteiger partial charge in [0.2, 0.25) is 0 Å². The number of nitrogens with one attached hydrogen (secondary N) is 1. The van der Waals surface area contributed by atoms with Gasteiger partial charge in [-0.3, -0.25) is 4.79 Å². The highest BCUT2D eigenvalue weighted by Gasteiger charge is 2.14. The number of aryl methyl sites for hydroxylation is 1. The highest BCUT2D eigenvalue weighted by Crippen LogP contribution is 2.33. The molecule has 4 aromatic rings. The lowest BCUT2D eigenvalue weighted by atomic mass is 10.0.